The van der Waals surface area contributed by atoms with Crippen LogP contribution in [0.2, 0.25) is 0 Å². The molecule has 8 heteroatoms. The Morgan fingerprint density at radius 2 is 0.570 bits per heavy atom. The highest BCUT2D eigenvalue weighted by atomic mass is 16.3. The number of hydrogen-bond donors (Lipinski definition) is 0. The quantitative estimate of drug-likeness (QED) is 0.111. The van der Waals surface area contributed by atoms with Crippen molar-refractivity contribution in [2.24, 2.45) is 0 Å². The van der Waals surface area contributed by atoms with E-state index in [0.29, 0.717) is 11.6 Å². The molecule has 0 N–H and O–H groups in total. The maximum atomic E-state index is 6.32. The van der Waals surface area contributed by atoms with E-state index in [1.165, 1.54) is 60.1 Å². The van der Waals surface area contributed by atoms with Crippen LogP contribution in [0.3, 0.4) is 0 Å². The minimum atomic E-state index is 0.159. The lowest BCUT2D eigenvalue weighted by molar-refractivity contribution is 0.590. The molecular weight excluding hydrogens is 1390 g/mol. The summed E-state index contributed by atoms with van der Waals surface area (Å²) in [5, 5.41) is 9.99. The molecule has 0 radical (unpaired) electrons. The summed E-state index contributed by atoms with van der Waals surface area (Å²) in [5.41, 5.74) is 25.7. The number of aromatic nitrogens is 7. The second kappa shape index (κ2) is 31.3. The standard InChI is InChI=1S/C40H26N2.C39H25N3O.C27H26N2/c1-3-11-28(12-4-1)38-26-39(42-40(41-38)30-13-5-2-6-14-30)29-21-19-27(20-22-29)31-23-24-36-34-17-8-7-15-32(34)33-16-9-10-18-35(33)37(36)25-31;1-2-10-26(11-3-1)27-12-7-16-31(23-27)38-40-25-41-39(42-38)32-17-8-14-29(24-32)28-13-6-15-30(22-28)33-19-9-20-35-34-18-4-5-21-36(34)43-37(33)35;1-19-17-25(29-26(28-19)21-9-6-5-7-10-21)23-12-8-11-22(18-23)20-13-15-24(16-14-20)27(2,3)4/h1-26H;1-25H;5-18H,1-4H3. The first-order valence-electron chi connectivity index (χ1n) is 38.5. The SMILES string of the molecule is Cc1cc(-c2cccc(-c3ccc(C(C)(C)C)cc3)c2)nc(-c2ccccc2)n1.c1ccc(-c2cc(-c3ccc(-c4ccc5c6ccccc6c6ccccc6c5c4)cc3)nc(-c3ccccc3)n2)cc1.c1ccc(-c2cccc(-c3ncnc(-c4cccc(-c5cccc(-c6cccc7c6oc6ccccc67)c5)c4)n3)c2)cc1. The van der Waals surface area contributed by atoms with Gasteiger partial charge in [-0.05, 0) is 149 Å². The van der Waals surface area contributed by atoms with Crippen molar-refractivity contribution in [1.29, 1.82) is 0 Å². The van der Waals surface area contributed by atoms with Crippen LogP contribution in [0.5, 0.6) is 0 Å². The number of hydrogen-bond acceptors (Lipinski definition) is 8. The van der Waals surface area contributed by atoms with Gasteiger partial charge in [-0.1, -0.05) is 360 Å². The van der Waals surface area contributed by atoms with E-state index < -0.39 is 0 Å². The lowest BCUT2D eigenvalue weighted by Gasteiger charge is -2.19. The zero-order chi connectivity index (χ0) is 76.9. The number of nitrogens with zero attached hydrogens (tertiary/aromatic N) is 7. The molecule has 114 heavy (non-hydrogen) atoms. The molecule has 0 spiro atoms. The van der Waals surface area contributed by atoms with Crippen LogP contribution in [0.25, 0.3) is 189 Å². The molecule has 0 saturated heterocycles. The molecule has 0 bridgehead atoms. The molecule has 16 aromatic carbocycles. The fourth-order valence-corrected chi connectivity index (χ4v) is 15.2. The first-order chi connectivity index (χ1) is 56.0. The van der Waals surface area contributed by atoms with Crippen molar-refractivity contribution < 1.29 is 4.42 Å². The minimum Gasteiger partial charge on any atom is -0.455 e. The molecule has 0 atom stereocenters. The summed E-state index contributed by atoms with van der Waals surface area (Å²) >= 11 is 0. The number of fused-ring (bicyclic) bond motifs is 9. The molecule has 4 aromatic heterocycles. The molecule has 4 heterocycles. The number of benzene rings is 16. The molecule has 0 aliphatic heterocycles. The summed E-state index contributed by atoms with van der Waals surface area (Å²) in [5.74, 6) is 2.78. The van der Waals surface area contributed by atoms with E-state index in [9.17, 15) is 0 Å². The van der Waals surface area contributed by atoms with E-state index in [2.05, 4.69) is 303 Å². The average Bonchev–Trinajstić information content (AvgIpc) is 0.888. The summed E-state index contributed by atoms with van der Waals surface area (Å²) < 4.78 is 6.32. The van der Waals surface area contributed by atoms with Crippen molar-refractivity contribution in [2.75, 3.05) is 0 Å². The Labute approximate surface area is 663 Å². The highest BCUT2D eigenvalue weighted by molar-refractivity contribution is 6.26. The van der Waals surface area contributed by atoms with Gasteiger partial charge < -0.3 is 4.42 Å². The van der Waals surface area contributed by atoms with Crippen molar-refractivity contribution in [3.63, 3.8) is 0 Å². The van der Waals surface area contributed by atoms with Gasteiger partial charge in [-0.2, -0.15) is 0 Å². The highest BCUT2D eigenvalue weighted by Gasteiger charge is 2.19. The predicted molar refractivity (Wildman–Crippen MR) is 472 cm³/mol. The highest BCUT2D eigenvalue weighted by Crippen LogP contribution is 2.41. The van der Waals surface area contributed by atoms with Crippen molar-refractivity contribution >= 4 is 54.3 Å². The van der Waals surface area contributed by atoms with Gasteiger partial charge >= 0.3 is 0 Å². The summed E-state index contributed by atoms with van der Waals surface area (Å²) in [4.78, 5) is 33.3. The molecule has 0 fully saturated rings. The number of rotatable bonds is 12. The zero-order valence-electron chi connectivity index (χ0n) is 63.6. The molecule has 20 rings (SSSR count). The third-order valence-corrected chi connectivity index (χ3v) is 21.0. The largest absolute Gasteiger partial charge is 0.455 e. The predicted octanol–water partition coefficient (Wildman–Crippen LogP) is 27.8. The van der Waals surface area contributed by atoms with Crippen LogP contribution < -0.4 is 0 Å². The van der Waals surface area contributed by atoms with Gasteiger partial charge in [0.05, 0.1) is 17.1 Å². The third kappa shape index (κ3) is 15.0. The Kier molecular flexibility index (Phi) is 19.5. The molecule has 0 aliphatic carbocycles. The van der Waals surface area contributed by atoms with E-state index >= 15 is 0 Å². The smallest absolute Gasteiger partial charge is 0.163 e. The average molecular weight is 1460 g/mol. The Morgan fingerprint density at radius 1 is 0.219 bits per heavy atom. The van der Waals surface area contributed by atoms with E-state index in [4.69, 9.17) is 24.4 Å². The second-order valence-electron chi connectivity index (χ2n) is 29.6. The maximum Gasteiger partial charge on any atom is 0.163 e. The van der Waals surface area contributed by atoms with Crippen LogP contribution in [0.15, 0.2) is 399 Å². The van der Waals surface area contributed by atoms with Crippen LogP contribution in [-0.4, -0.2) is 34.9 Å². The van der Waals surface area contributed by atoms with Gasteiger partial charge in [0.1, 0.15) is 17.5 Å². The zero-order valence-corrected chi connectivity index (χ0v) is 63.6. The monoisotopic (exact) mass is 1460 g/mol. The normalized spacial score (nSPS) is 11.3. The van der Waals surface area contributed by atoms with Crippen LogP contribution in [0, 0.1) is 6.92 Å². The maximum absolute atomic E-state index is 6.32. The van der Waals surface area contributed by atoms with Gasteiger partial charge in [-0.25, -0.2) is 34.9 Å². The van der Waals surface area contributed by atoms with Crippen LogP contribution in [0.4, 0.5) is 0 Å². The molecule has 0 amide bonds. The Morgan fingerprint density at radius 3 is 1.12 bits per heavy atom. The van der Waals surface area contributed by atoms with Gasteiger partial charge in [0.25, 0.3) is 0 Å². The fourth-order valence-electron chi connectivity index (χ4n) is 15.2. The van der Waals surface area contributed by atoms with Crippen molar-refractivity contribution in [3.8, 4) is 135 Å². The minimum absolute atomic E-state index is 0.159. The van der Waals surface area contributed by atoms with Crippen LogP contribution in [-0.2, 0) is 5.41 Å². The summed E-state index contributed by atoms with van der Waals surface area (Å²) in [6.45, 7) is 8.74. The Balaban J connectivity index is 0.000000121. The number of furan rings is 1. The summed E-state index contributed by atoms with van der Waals surface area (Å²) in [6, 6.07) is 135. The van der Waals surface area contributed by atoms with E-state index in [-0.39, 0.29) is 5.41 Å². The lowest BCUT2D eigenvalue weighted by atomic mass is 9.86. The molecular formula is C106H77N7O. The van der Waals surface area contributed by atoms with Gasteiger partial charge in [-0.15, -0.1) is 0 Å². The van der Waals surface area contributed by atoms with Gasteiger partial charge in [0.15, 0.2) is 23.3 Å². The van der Waals surface area contributed by atoms with E-state index in [0.717, 1.165) is 129 Å². The van der Waals surface area contributed by atoms with E-state index in [1.807, 2.05) is 128 Å². The van der Waals surface area contributed by atoms with Crippen LogP contribution in [0.1, 0.15) is 32.0 Å². The van der Waals surface area contributed by atoms with Crippen molar-refractivity contribution in [2.45, 2.75) is 33.1 Å². The molecule has 0 aliphatic rings. The molecule has 8 nitrogen and oxygen atoms in total. The van der Waals surface area contributed by atoms with Crippen molar-refractivity contribution in [1.82, 2.24) is 34.9 Å². The Bertz CT molecular complexity index is 6790. The molecule has 542 valence electrons. The lowest BCUT2D eigenvalue weighted by Crippen LogP contribution is -2.10. The molecule has 0 unspecified atom stereocenters. The number of aryl methyl sites for hydroxylation is 1. The third-order valence-electron chi connectivity index (χ3n) is 21.0. The molecule has 20 aromatic rings. The molecule has 0 saturated carbocycles. The van der Waals surface area contributed by atoms with Gasteiger partial charge in [0, 0.05) is 61.0 Å². The first kappa shape index (κ1) is 70.9. The fraction of sp³-hybridized carbons (Fsp3) is 0.0472. The van der Waals surface area contributed by atoms with Crippen LogP contribution >= 0.6 is 0 Å². The number of para-hydroxylation sites is 2. The van der Waals surface area contributed by atoms with Gasteiger partial charge in [-0.3, -0.25) is 0 Å². The Hall–Kier alpha value is -14.7. The summed E-state index contributed by atoms with van der Waals surface area (Å²) in [6.07, 6.45) is 1.59. The van der Waals surface area contributed by atoms with E-state index in [1.54, 1.807) is 6.33 Å². The topological polar surface area (TPSA) is 103 Å². The second-order valence-corrected chi connectivity index (χ2v) is 29.6. The van der Waals surface area contributed by atoms with Gasteiger partial charge in [0.2, 0.25) is 0 Å². The first-order valence-corrected chi connectivity index (χ1v) is 38.5. The van der Waals surface area contributed by atoms with Crippen molar-refractivity contribution in [3.05, 3.63) is 406 Å². The summed E-state index contributed by atoms with van der Waals surface area (Å²) in [7, 11) is 0.